The Morgan fingerprint density at radius 3 is 2.08 bits per heavy atom. The number of sulfonamides is 1. The van der Waals surface area contributed by atoms with Crippen molar-refractivity contribution < 1.29 is 49.1 Å². The number of anilines is 1. The lowest BCUT2D eigenvalue weighted by molar-refractivity contribution is -0.125. The van der Waals surface area contributed by atoms with Gasteiger partial charge in [-0.3, -0.25) is 9.69 Å². The zero-order valence-corrected chi connectivity index (χ0v) is 26.7. The third-order valence-corrected chi connectivity index (χ3v) is 10.7. The van der Waals surface area contributed by atoms with E-state index in [1.165, 1.54) is 6.42 Å². The van der Waals surface area contributed by atoms with Crippen LogP contribution >= 0.6 is 0 Å². The van der Waals surface area contributed by atoms with Crippen LogP contribution < -0.4 is 4.90 Å². The van der Waals surface area contributed by atoms with Crippen LogP contribution in [0, 0.1) is 29.1 Å². The highest BCUT2D eigenvalue weighted by Crippen LogP contribution is 2.36. The number of oxazole rings is 1. The van der Waals surface area contributed by atoms with E-state index in [0.717, 1.165) is 42.4 Å². The first-order valence-electron chi connectivity index (χ1n) is 15.6. The molecule has 15 heteroatoms. The first-order valence-corrected chi connectivity index (χ1v) is 17.0. The lowest BCUT2D eigenvalue weighted by Crippen LogP contribution is -2.59. The minimum atomic E-state index is -5.40. The van der Waals surface area contributed by atoms with Crippen LogP contribution in [0.15, 0.2) is 70.2 Å². The number of hydrogen-bond donors (Lipinski definition) is 0. The molecule has 1 saturated heterocycles. The Hall–Kier alpha value is -4.63. The Balaban J connectivity index is 1.28. The van der Waals surface area contributed by atoms with Gasteiger partial charge in [-0.2, -0.15) is 9.29 Å². The molecule has 0 radical (unpaired) electrons. The first-order chi connectivity index (χ1) is 23.5. The zero-order chi connectivity index (χ0) is 34.9. The summed E-state index contributed by atoms with van der Waals surface area (Å²) in [4.78, 5) is 29.8. The molecule has 258 valence electrons. The zero-order valence-electron chi connectivity index (χ0n) is 25.9. The summed E-state index contributed by atoms with van der Waals surface area (Å²) in [6.07, 6.45) is 6.34. The number of halogens is 5. The van der Waals surface area contributed by atoms with Crippen LogP contribution in [0.2, 0.25) is 0 Å². The van der Waals surface area contributed by atoms with Gasteiger partial charge in [-0.25, -0.2) is 35.2 Å². The molecule has 1 aliphatic carbocycles. The fraction of sp³-hybridized carbons (Fsp3) is 0.324. The number of nitrogens with zero attached hydrogens (tertiary/aromatic N) is 3. The quantitative estimate of drug-likeness (QED) is 0.0776. The molecule has 1 aliphatic heterocycles. The molecule has 0 N–H and O–H groups in total. The highest BCUT2D eigenvalue weighted by atomic mass is 32.2. The molecule has 0 spiro atoms. The molecule has 0 bridgehead atoms. The molecule has 9 nitrogen and oxygen atoms in total. The van der Waals surface area contributed by atoms with Crippen molar-refractivity contribution in [3.63, 3.8) is 0 Å². The number of benzene rings is 3. The van der Waals surface area contributed by atoms with Crippen LogP contribution in [-0.2, 0) is 32.7 Å². The van der Waals surface area contributed by atoms with Gasteiger partial charge in [0.2, 0.25) is 21.7 Å². The van der Waals surface area contributed by atoms with E-state index in [0.29, 0.717) is 21.4 Å². The first kappa shape index (κ1) is 34.2. The summed E-state index contributed by atoms with van der Waals surface area (Å²) in [5.74, 6) is -13.9. The topological polar surface area (TPSA) is 110 Å². The van der Waals surface area contributed by atoms with Crippen LogP contribution in [0.1, 0.15) is 71.6 Å². The second kappa shape index (κ2) is 14.1. The monoisotopic (exact) mass is 703 g/mol. The molecule has 4 aromatic rings. The van der Waals surface area contributed by atoms with Gasteiger partial charge in [-0.15, -0.1) is 0 Å². The minimum Gasteiger partial charge on any atom is -0.456 e. The van der Waals surface area contributed by atoms with Crippen molar-refractivity contribution in [1.82, 2.24) is 9.29 Å². The molecule has 2 heterocycles. The molecule has 2 aliphatic rings. The normalized spacial score (nSPS) is 17.0. The van der Waals surface area contributed by atoms with E-state index in [2.05, 4.69) is 4.98 Å². The maximum Gasteiger partial charge on any atom is 0.360 e. The highest BCUT2D eigenvalue weighted by Gasteiger charge is 2.48. The van der Waals surface area contributed by atoms with Gasteiger partial charge in [0.25, 0.3) is 0 Å². The molecular weight excluding hydrogens is 673 g/mol. The van der Waals surface area contributed by atoms with Crippen molar-refractivity contribution >= 4 is 27.9 Å². The third kappa shape index (κ3) is 6.81. The summed E-state index contributed by atoms with van der Waals surface area (Å²) >= 11 is 0. The molecule has 49 heavy (non-hydrogen) atoms. The Kier molecular flexibility index (Phi) is 9.84. The summed E-state index contributed by atoms with van der Waals surface area (Å²) in [7, 11) is -5.40. The third-order valence-electron chi connectivity index (χ3n) is 8.80. The molecule has 0 unspecified atom stereocenters. The summed E-state index contributed by atoms with van der Waals surface area (Å²) in [6.45, 7) is -0.759. The highest BCUT2D eigenvalue weighted by molar-refractivity contribution is 7.89. The van der Waals surface area contributed by atoms with Gasteiger partial charge in [0.15, 0.2) is 33.9 Å². The Morgan fingerprint density at radius 1 is 0.837 bits per heavy atom. The fourth-order valence-corrected chi connectivity index (χ4v) is 7.78. The second-order valence-electron chi connectivity index (χ2n) is 11.9. The number of rotatable bonds is 10. The number of ether oxygens (including phenoxy) is 1. The smallest absolute Gasteiger partial charge is 0.360 e. The SMILES string of the molecule is O=C(OCc1ccccc1)c1coc(N(Cc2ccc(C3CCCCC3)cc2)C(=O)[C@H]2CCN2S(=O)(=O)c2c(F)c(F)c(F)c(F)c2F)n1. The van der Waals surface area contributed by atoms with Crippen LogP contribution in [0.5, 0.6) is 0 Å². The summed E-state index contributed by atoms with van der Waals surface area (Å²) in [5.41, 5.74) is 2.11. The number of carbonyl (C=O) groups excluding carboxylic acids is 2. The van der Waals surface area contributed by atoms with Crippen molar-refractivity contribution in [2.75, 3.05) is 11.4 Å². The molecule has 1 amide bonds. The summed E-state index contributed by atoms with van der Waals surface area (Å²) in [5, 5.41) is 0. The van der Waals surface area contributed by atoms with Gasteiger partial charge in [-0.1, -0.05) is 73.9 Å². The van der Waals surface area contributed by atoms with E-state index in [1.807, 2.05) is 12.1 Å². The van der Waals surface area contributed by atoms with Crippen LogP contribution in [0.25, 0.3) is 0 Å². The predicted octanol–water partition coefficient (Wildman–Crippen LogP) is 6.77. The fourth-order valence-electron chi connectivity index (χ4n) is 6.04. The molecular formula is C34H30F5N3O6S. The van der Waals surface area contributed by atoms with Gasteiger partial charge in [-0.05, 0) is 41.9 Å². The van der Waals surface area contributed by atoms with E-state index in [-0.39, 0.29) is 25.3 Å². The second-order valence-corrected chi connectivity index (χ2v) is 13.7. The van der Waals surface area contributed by atoms with Crippen molar-refractivity contribution in [3.05, 3.63) is 112 Å². The van der Waals surface area contributed by atoms with E-state index < -0.39 is 74.5 Å². The van der Waals surface area contributed by atoms with Gasteiger partial charge in [0.1, 0.15) is 18.9 Å². The largest absolute Gasteiger partial charge is 0.456 e. The maximum atomic E-state index is 14.6. The van der Waals surface area contributed by atoms with E-state index in [9.17, 15) is 40.0 Å². The minimum absolute atomic E-state index is 0.0789. The number of hydrogen-bond acceptors (Lipinski definition) is 7. The molecule has 3 aromatic carbocycles. The molecule has 1 atom stereocenters. The van der Waals surface area contributed by atoms with Crippen molar-refractivity contribution in [1.29, 1.82) is 0 Å². The van der Waals surface area contributed by atoms with Crippen molar-refractivity contribution in [2.24, 2.45) is 0 Å². The Morgan fingerprint density at radius 2 is 1.47 bits per heavy atom. The van der Waals surface area contributed by atoms with E-state index in [1.54, 1.807) is 42.5 Å². The molecule has 1 aromatic heterocycles. The van der Waals surface area contributed by atoms with E-state index >= 15 is 0 Å². The predicted molar refractivity (Wildman–Crippen MR) is 164 cm³/mol. The van der Waals surface area contributed by atoms with Gasteiger partial charge in [0.05, 0.1) is 6.54 Å². The number of amides is 1. The molecule has 6 rings (SSSR count). The number of aromatic nitrogens is 1. The lowest BCUT2D eigenvalue weighted by Gasteiger charge is -2.40. The Bertz CT molecular complexity index is 1940. The summed E-state index contributed by atoms with van der Waals surface area (Å²) in [6, 6.07) is 14.2. The standard InChI is InChI=1S/C34H30F5N3O6S/c35-26-27(36)29(38)31(30(39)28(26)37)49(45,46)42-16-15-25(42)32(43)41(17-20-11-13-23(14-12-20)22-9-5-2-6-10-22)34-40-24(19-48-34)33(44)47-18-21-7-3-1-4-8-21/h1,3-4,7-8,11-14,19,22,25H,2,5-6,9-10,15-18H2/t25-/m1/s1. The van der Waals surface area contributed by atoms with Gasteiger partial charge >= 0.3 is 12.0 Å². The maximum absolute atomic E-state index is 14.6. The lowest BCUT2D eigenvalue weighted by atomic mass is 9.84. The van der Waals surface area contributed by atoms with Gasteiger partial charge in [0, 0.05) is 6.54 Å². The Labute approximate surface area is 278 Å². The van der Waals surface area contributed by atoms with Gasteiger partial charge < -0.3 is 9.15 Å². The number of esters is 1. The number of carbonyl (C=O) groups is 2. The average molecular weight is 704 g/mol. The van der Waals surface area contributed by atoms with Crippen molar-refractivity contribution in [2.45, 2.75) is 68.5 Å². The van der Waals surface area contributed by atoms with Crippen LogP contribution in [0.4, 0.5) is 28.0 Å². The van der Waals surface area contributed by atoms with Crippen LogP contribution in [0.3, 0.4) is 0 Å². The van der Waals surface area contributed by atoms with E-state index in [4.69, 9.17) is 9.15 Å². The van der Waals surface area contributed by atoms with Crippen LogP contribution in [-0.4, -0.2) is 42.2 Å². The molecule has 2 fully saturated rings. The molecule has 1 saturated carbocycles. The average Bonchev–Trinajstić information content (AvgIpc) is 3.58. The van der Waals surface area contributed by atoms with Crippen molar-refractivity contribution in [3.8, 4) is 0 Å². The summed E-state index contributed by atoms with van der Waals surface area (Å²) < 4.78 is 108.